The van der Waals surface area contributed by atoms with Crippen LogP contribution in [0.3, 0.4) is 0 Å². The number of aromatic amines is 1. The van der Waals surface area contributed by atoms with Crippen LogP contribution in [0.5, 0.6) is 0 Å². The monoisotopic (exact) mass is 394 g/mol. The Morgan fingerprint density at radius 3 is 3.00 bits per heavy atom. The molecule has 9 nitrogen and oxygen atoms in total. The Balaban J connectivity index is 1.59. The third kappa shape index (κ3) is 3.27. The van der Waals surface area contributed by atoms with E-state index in [0.29, 0.717) is 48.0 Å². The summed E-state index contributed by atoms with van der Waals surface area (Å²) in [5.41, 5.74) is 1.34. The number of carbonyl (C=O) groups excluding carboxylic acids is 1. The summed E-state index contributed by atoms with van der Waals surface area (Å²) in [7, 11) is 0. The number of carbonyl (C=O) groups is 1. The van der Waals surface area contributed by atoms with Crippen molar-refractivity contribution in [1.82, 2.24) is 24.8 Å². The smallest absolute Gasteiger partial charge is 0.333 e. The molecule has 29 heavy (non-hydrogen) atoms. The van der Waals surface area contributed by atoms with E-state index in [-0.39, 0.29) is 17.7 Å². The number of pyridine rings is 2. The summed E-state index contributed by atoms with van der Waals surface area (Å²) in [5, 5.41) is 2.92. The molecule has 0 saturated carbocycles. The number of nitrogens with one attached hydrogen (secondary N) is 2. The molecule has 0 spiro atoms. The zero-order chi connectivity index (χ0) is 19.8. The molecule has 150 valence electrons. The fourth-order valence-corrected chi connectivity index (χ4v) is 4.03. The first-order valence-corrected chi connectivity index (χ1v) is 9.92. The Hall–Kier alpha value is -3.20. The predicted octanol–water partition coefficient (Wildman–Crippen LogP) is 1.23. The third-order valence-corrected chi connectivity index (χ3v) is 5.45. The number of anilines is 1. The number of ether oxygens (including phenoxy) is 1. The highest BCUT2D eigenvalue weighted by Gasteiger charge is 2.26. The number of H-pyrrole nitrogens is 1. The van der Waals surface area contributed by atoms with Gasteiger partial charge < -0.3 is 15.0 Å². The molecule has 0 unspecified atom stereocenters. The highest BCUT2D eigenvalue weighted by atomic mass is 16.5. The average molecular weight is 394 g/mol. The molecule has 5 rings (SSSR count). The number of hydrogen-bond acceptors (Lipinski definition) is 6. The molecule has 1 saturated heterocycles. The molecule has 0 bridgehead atoms. The number of imidazole rings is 1. The van der Waals surface area contributed by atoms with E-state index in [1.807, 2.05) is 6.07 Å². The second-order valence-electron chi connectivity index (χ2n) is 7.37. The molecule has 0 aromatic carbocycles. The van der Waals surface area contributed by atoms with Crippen LogP contribution < -0.4 is 15.9 Å². The van der Waals surface area contributed by atoms with Gasteiger partial charge in [-0.05, 0) is 43.5 Å². The second kappa shape index (κ2) is 7.32. The van der Waals surface area contributed by atoms with Crippen LogP contribution >= 0.6 is 0 Å². The highest BCUT2D eigenvalue weighted by molar-refractivity contribution is 5.99. The van der Waals surface area contributed by atoms with Crippen molar-refractivity contribution < 1.29 is 9.53 Å². The van der Waals surface area contributed by atoms with Crippen molar-refractivity contribution in [3.05, 3.63) is 46.5 Å². The summed E-state index contributed by atoms with van der Waals surface area (Å²) in [4.78, 5) is 38.9. The lowest BCUT2D eigenvalue weighted by molar-refractivity contribution is 0.0210. The van der Waals surface area contributed by atoms with Crippen molar-refractivity contribution in [3.63, 3.8) is 0 Å². The SMILES string of the molecule is O=C1NCCN(C[C@@H]2CCCCO2)c2nc(-n3c(=O)[nH]c4ncccc43)ccc21. The van der Waals surface area contributed by atoms with Crippen molar-refractivity contribution in [2.75, 3.05) is 31.1 Å². The fraction of sp³-hybridized carbons (Fsp3) is 0.400. The van der Waals surface area contributed by atoms with Crippen LogP contribution in [0.1, 0.15) is 29.6 Å². The summed E-state index contributed by atoms with van der Waals surface area (Å²) in [6, 6.07) is 7.01. The van der Waals surface area contributed by atoms with Gasteiger partial charge in [-0.25, -0.2) is 19.3 Å². The number of nitrogens with zero attached hydrogens (tertiary/aromatic N) is 4. The van der Waals surface area contributed by atoms with Crippen molar-refractivity contribution in [2.24, 2.45) is 0 Å². The maximum Gasteiger partial charge on any atom is 0.333 e. The molecule has 1 atom stereocenters. The van der Waals surface area contributed by atoms with E-state index in [2.05, 4.69) is 20.2 Å². The van der Waals surface area contributed by atoms with Crippen LogP contribution in [0.15, 0.2) is 35.3 Å². The zero-order valence-corrected chi connectivity index (χ0v) is 15.9. The van der Waals surface area contributed by atoms with E-state index >= 15 is 0 Å². The van der Waals surface area contributed by atoms with Crippen LogP contribution in [-0.4, -0.2) is 57.8 Å². The Bertz CT molecular complexity index is 1110. The molecule has 9 heteroatoms. The summed E-state index contributed by atoms with van der Waals surface area (Å²) >= 11 is 0. The Labute approximate surface area is 166 Å². The van der Waals surface area contributed by atoms with E-state index in [9.17, 15) is 9.59 Å². The lowest BCUT2D eigenvalue weighted by atomic mass is 10.1. The van der Waals surface area contributed by atoms with E-state index < -0.39 is 0 Å². The van der Waals surface area contributed by atoms with Crippen molar-refractivity contribution in [1.29, 1.82) is 0 Å². The number of fused-ring (bicyclic) bond motifs is 2. The molecule has 1 amide bonds. The molecular formula is C20H22N6O3. The molecule has 0 aliphatic carbocycles. The molecule has 2 N–H and O–H groups in total. The Morgan fingerprint density at radius 2 is 2.14 bits per heavy atom. The Kier molecular flexibility index (Phi) is 4.51. The van der Waals surface area contributed by atoms with Gasteiger partial charge in [0.05, 0.1) is 17.2 Å². The first kappa shape index (κ1) is 17.9. The van der Waals surface area contributed by atoms with E-state index in [0.717, 1.165) is 25.9 Å². The minimum Gasteiger partial charge on any atom is -0.376 e. The minimum atomic E-state index is -0.314. The van der Waals surface area contributed by atoms with E-state index in [1.165, 1.54) is 4.57 Å². The van der Waals surface area contributed by atoms with E-state index in [1.54, 1.807) is 24.4 Å². The highest BCUT2D eigenvalue weighted by Crippen LogP contribution is 2.25. The lowest BCUT2D eigenvalue weighted by Crippen LogP contribution is -2.38. The number of aromatic nitrogens is 4. The number of amides is 1. The summed E-state index contributed by atoms with van der Waals surface area (Å²) in [5.74, 6) is 0.883. The topological polar surface area (TPSA) is 105 Å². The largest absolute Gasteiger partial charge is 0.376 e. The average Bonchev–Trinajstić information content (AvgIpc) is 3.00. The standard InChI is InChI=1S/C20H22N6O3/c27-19-14-6-7-16(26-15-5-3-8-21-17(15)24-20(26)28)23-18(14)25(10-9-22-19)12-13-4-1-2-11-29-13/h3,5-8,13H,1-2,4,9-12H2,(H,22,27)(H,21,24,28)/t13-/m0/s1. The molecule has 3 aromatic heterocycles. The number of rotatable bonds is 3. The van der Waals surface area contributed by atoms with Gasteiger partial charge in [0, 0.05) is 32.4 Å². The zero-order valence-electron chi connectivity index (χ0n) is 15.9. The van der Waals surface area contributed by atoms with Crippen LogP contribution in [0.25, 0.3) is 17.0 Å². The minimum absolute atomic E-state index is 0.121. The maximum atomic E-state index is 12.6. The first-order valence-electron chi connectivity index (χ1n) is 9.92. The maximum absolute atomic E-state index is 12.6. The van der Waals surface area contributed by atoms with Crippen LogP contribution in [0.4, 0.5) is 5.82 Å². The van der Waals surface area contributed by atoms with Crippen LogP contribution in [0.2, 0.25) is 0 Å². The third-order valence-electron chi connectivity index (χ3n) is 5.45. The van der Waals surface area contributed by atoms with Gasteiger partial charge in [-0.3, -0.25) is 9.78 Å². The van der Waals surface area contributed by atoms with Gasteiger partial charge >= 0.3 is 5.69 Å². The lowest BCUT2D eigenvalue weighted by Gasteiger charge is -2.30. The van der Waals surface area contributed by atoms with Gasteiger partial charge in [0.25, 0.3) is 5.91 Å². The van der Waals surface area contributed by atoms with Crippen LogP contribution in [-0.2, 0) is 4.74 Å². The van der Waals surface area contributed by atoms with Crippen molar-refractivity contribution in [3.8, 4) is 5.82 Å². The van der Waals surface area contributed by atoms with Crippen molar-refractivity contribution in [2.45, 2.75) is 25.4 Å². The van der Waals surface area contributed by atoms with Gasteiger partial charge in [-0.2, -0.15) is 0 Å². The quantitative estimate of drug-likeness (QED) is 0.692. The predicted molar refractivity (Wildman–Crippen MR) is 108 cm³/mol. The van der Waals surface area contributed by atoms with Crippen molar-refractivity contribution >= 4 is 22.9 Å². The van der Waals surface area contributed by atoms with Gasteiger partial charge in [0.2, 0.25) is 0 Å². The second-order valence-corrected chi connectivity index (χ2v) is 7.37. The molecule has 2 aliphatic heterocycles. The molecular weight excluding hydrogens is 372 g/mol. The summed E-state index contributed by atoms with van der Waals surface area (Å²) < 4.78 is 7.39. The van der Waals surface area contributed by atoms with Gasteiger partial charge in [-0.15, -0.1) is 0 Å². The number of hydrogen-bond donors (Lipinski definition) is 2. The molecule has 1 fully saturated rings. The summed E-state index contributed by atoms with van der Waals surface area (Å²) in [6.45, 7) is 2.62. The van der Waals surface area contributed by atoms with Gasteiger partial charge in [0.15, 0.2) is 5.65 Å². The van der Waals surface area contributed by atoms with Gasteiger partial charge in [0.1, 0.15) is 11.6 Å². The fourth-order valence-electron chi connectivity index (χ4n) is 4.03. The molecule has 5 heterocycles. The molecule has 3 aromatic rings. The van der Waals surface area contributed by atoms with Crippen LogP contribution in [0, 0.1) is 0 Å². The van der Waals surface area contributed by atoms with Gasteiger partial charge in [-0.1, -0.05) is 0 Å². The molecule has 2 aliphatic rings. The Morgan fingerprint density at radius 1 is 1.21 bits per heavy atom. The molecule has 0 radical (unpaired) electrons. The normalized spacial score (nSPS) is 19.7. The summed E-state index contributed by atoms with van der Waals surface area (Å²) in [6.07, 6.45) is 4.99. The first-order chi connectivity index (χ1) is 14.2. The van der Waals surface area contributed by atoms with E-state index in [4.69, 9.17) is 9.72 Å².